The number of nitrogens with two attached hydrogens (primary N) is 1. The topological polar surface area (TPSA) is 101 Å². The molecule has 0 radical (unpaired) electrons. The highest BCUT2D eigenvalue weighted by atomic mass is 16.2. The van der Waals surface area contributed by atoms with Crippen molar-refractivity contribution in [3.05, 3.63) is 26.4 Å². The normalized spacial score (nSPS) is 18.9. The van der Waals surface area contributed by atoms with Gasteiger partial charge in [-0.25, -0.2) is 4.79 Å². The molecular formula is C17H26N4O3. The van der Waals surface area contributed by atoms with Gasteiger partial charge in [-0.1, -0.05) is 19.3 Å². The molecule has 2 saturated carbocycles. The fraction of sp³-hybridized carbons (Fsp3) is 0.706. The quantitative estimate of drug-likeness (QED) is 0.760. The van der Waals surface area contributed by atoms with Crippen molar-refractivity contribution in [2.24, 2.45) is 5.92 Å². The Morgan fingerprint density at radius 1 is 1.21 bits per heavy atom. The monoisotopic (exact) mass is 334 g/mol. The average Bonchev–Trinajstić information content (AvgIpc) is 3.32. The van der Waals surface area contributed by atoms with Crippen LogP contribution in [0.3, 0.4) is 0 Å². The minimum Gasteiger partial charge on any atom is -0.384 e. The van der Waals surface area contributed by atoms with E-state index in [9.17, 15) is 14.4 Å². The molecule has 3 N–H and O–H groups in total. The van der Waals surface area contributed by atoms with E-state index in [1.165, 1.54) is 36.7 Å². The Hall–Kier alpha value is -1.89. The van der Waals surface area contributed by atoms with Crippen LogP contribution in [0, 0.1) is 5.92 Å². The molecule has 2 fully saturated rings. The fourth-order valence-corrected chi connectivity index (χ4v) is 3.73. The molecule has 3 rings (SSSR count). The largest absolute Gasteiger partial charge is 0.384 e. The Balaban J connectivity index is 1.73. The molecule has 24 heavy (non-hydrogen) atoms. The Labute approximate surface area is 140 Å². The summed E-state index contributed by atoms with van der Waals surface area (Å²) < 4.78 is 1.36. The van der Waals surface area contributed by atoms with Crippen molar-refractivity contribution < 1.29 is 4.79 Å². The van der Waals surface area contributed by atoms with Crippen LogP contribution in [0.4, 0.5) is 5.82 Å². The summed E-state index contributed by atoms with van der Waals surface area (Å²) in [4.78, 5) is 40.8. The average molecular weight is 334 g/mol. The van der Waals surface area contributed by atoms with Crippen LogP contribution in [-0.2, 0) is 0 Å². The van der Waals surface area contributed by atoms with Gasteiger partial charge in [0.15, 0.2) is 5.78 Å². The summed E-state index contributed by atoms with van der Waals surface area (Å²) in [7, 11) is 1.90. The summed E-state index contributed by atoms with van der Waals surface area (Å²) >= 11 is 0. The van der Waals surface area contributed by atoms with Gasteiger partial charge < -0.3 is 5.73 Å². The van der Waals surface area contributed by atoms with Crippen LogP contribution in [0.5, 0.6) is 0 Å². The van der Waals surface area contributed by atoms with E-state index in [2.05, 4.69) is 4.98 Å². The van der Waals surface area contributed by atoms with E-state index in [-0.39, 0.29) is 29.8 Å². The van der Waals surface area contributed by atoms with E-state index in [4.69, 9.17) is 5.73 Å². The number of nitrogens with one attached hydrogen (secondary N) is 1. The molecule has 0 aromatic carbocycles. The first-order chi connectivity index (χ1) is 11.5. The summed E-state index contributed by atoms with van der Waals surface area (Å²) in [6.07, 6.45) is 7.92. The molecule has 7 heteroatoms. The molecule has 0 amide bonds. The van der Waals surface area contributed by atoms with E-state index >= 15 is 0 Å². The van der Waals surface area contributed by atoms with E-state index < -0.39 is 11.2 Å². The molecule has 0 saturated heterocycles. The summed E-state index contributed by atoms with van der Waals surface area (Å²) in [5, 5.41) is 0. The molecule has 2 aliphatic rings. The van der Waals surface area contributed by atoms with Crippen molar-refractivity contribution >= 4 is 11.6 Å². The van der Waals surface area contributed by atoms with Gasteiger partial charge in [-0.15, -0.1) is 0 Å². The molecule has 1 aromatic rings. The second-order valence-corrected chi connectivity index (χ2v) is 7.24. The van der Waals surface area contributed by atoms with E-state index in [0.29, 0.717) is 5.92 Å². The first-order valence-corrected chi connectivity index (χ1v) is 8.83. The second-order valence-electron chi connectivity index (χ2n) is 7.24. The van der Waals surface area contributed by atoms with Gasteiger partial charge in [0.2, 0.25) is 0 Å². The van der Waals surface area contributed by atoms with Crippen LogP contribution in [0.15, 0.2) is 9.59 Å². The second kappa shape index (κ2) is 6.93. The third-order valence-corrected chi connectivity index (χ3v) is 5.08. The Bertz CT molecular complexity index is 726. The van der Waals surface area contributed by atoms with Crippen LogP contribution in [0.1, 0.15) is 61.3 Å². The lowest BCUT2D eigenvalue weighted by molar-refractivity contribution is 0.0931. The van der Waals surface area contributed by atoms with Crippen molar-refractivity contribution in [3.63, 3.8) is 0 Å². The number of Topliss-reactive ketones (excluding diaryl/α,β-unsaturated/α-hetero) is 1. The highest BCUT2D eigenvalue weighted by molar-refractivity contribution is 6.01. The molecule has 0 spiro atoms. The maximum absolute atomic E-state index is 12.6. The zero-order valence-electron chi connectivity index (χ0n) is 14.2. The highest BCUT2D eigenvalue weighted by Gasteiger charge is 2.30. The zero-order valence-corrected chi connectivity index (χ0v) is 14.2. The van der Waals surface area contributed by atoms with Gasteiger partial charge in [0.25, 0.3) is 5.56 Å². The van der Waals surface area contributed by atoms with Gasteiger partial charge in [-0.3, -0.25) is 24.0 Å². The van der Waals surface area contributed by atoms with Gasteiger partial charge in [0, 0.05) is 12.6 Å². The molecule has 1 heterocycles. The van der Waals surface area contributed by atoms with Crippen LogP contribution in [0.2, 0.25) is 0 Å². The summed E-state index contributed by atoms with van der Waals surface area (Å²) in [6.45, 7) is 0.998. The predicted octanol–water partition coefficient (Wildman–Crippen LogP) is 1.15. The van der Waals surface area contributed by atoms with E-state index in [0.717, 1.165) is 19.4 Å². The molecule has 0 bridgehead atoms. The first kappa shape index (κ1) is 17.0. The number of nitrogens with zero attached hydrogens (tertiary/aromatic N) is 2. The number of hydrogen-bond acceptors (Lipinski definition) is 5. The zero-order chi connectivity index (χ0) is 17.3. The third-order valence-electron chi connectivity index (χ3n) is 5.08. The molecule has 1 aromatic heterocycles. The number of rotatable bonds is 6. The smallest absolute Gasteiger partial charge is 0.330 e. The maximum Gasteiger partial charge on any atom is 0.330 e. The van der Waals surface area contributed by atoms with Crippen LogP contribution in [-0.4, -0.2) is 40.4 Å². The first-order valence-electron chi connectivity index (χ1n) is 8.83. The Morgan fingerprint density at radius 3 is 2.50 bits per heavy atom. The van der Waals surface area contributed by atoms with E-state index in [1.54, 1.807) is 0 Å². The minimum atomic E-state index is -0.675. The van der Waals surface area contributed by atoms with Crippen LogP contribution < -0.4 is 17.0 Å². The van der Waals surface area contributed by atoms with E-state index in [1.807, 2.05) is 11.9 Å². The highest BCUT2D eigenvalue weighted by Crippen LogP contribution is 2.35. The van der Waals surface area contributed by atoms with Crippen molar-refractivity contribution in [3.8, 4) is 0 Å². The molecule has 132 valence electrons. The van der Waals surface area contributed by atoms with Gasteiger partial charge in [-0.05, 0) is 38.6 Å². The third kappa shape index (κ3) is 3.61. The number of likely N-dealkylation sites (N-methyl/N-ethyl adjacent to an activating group) is 1. The summed E-state index contributed by atoms with van der Waals surface area (Å²) in [5.74, 6) is 0.316. The molecular weight excluding hydrogens is 308 g/mol. The van der Waals surface area contributed by atoms with Crippen LogP contribution in [0.25, 0.3) is 0 Å². The van der Waals surface area contributed by atoms with Gasteiger partial charge in [0.05, 0.1) is 6.54 Å². The number of anilines is 1. The van der Waals surface area contributed by atoms with Crippen molar-refractivity contribution in [2.75, 3.05) is 25.9 Å². The number of carbonyl (C=O) groups excluding carboxylic acids is 1. The number of aromatic amines is 1. The number of H-pyrrole nitrogens is 1. The molecule has 0 unspecified atom stereocenters. The van der Waals surface area contributed by atoms with Crippen molar-refractivity contribution in [1.82, 2.24) is 14.5 Å². The van der Waals surface area contributed by atoms with Crippen molar-refractivity contribution in [2.45, 2.75) is 51.0 Å². The van der Waals surface area contributed by atoms with Crippen molar-refractivity contribution in [1.29, 1.82) is 0 Å². The van der Waals surface area contributed by atoms with Gasteiger partial charge in [0.1, 0.15) is 11.4 Å². The molecule has 2 aliphatic carbocycles. The standard InChI is InChI=1S/C17H26N4O3/c1-20(9-11-5-3-2-4-6-11)10-13(22)14-15(18)21(12-7-8-12)17(24)19-16(14)23/h11-12H,2-10,18H2,1H3,(H,19,23,24). The number of ketones is 1. The molecule has 7 nitrogen and oxygen atoms in total. The number of aromatic nitrogens is 2. The summed E-state index contributed by atoms with van der Waals surface area (Å²) in [6, 6.07) is 0.0147. The van der Waals surface area contributed by atoms with Gasteiger partial charge in [-0.2, -0.15) is 0 Å². The SMILES string of the molecule is CN(CC(=O)c1c(N)n(C2CC2)c(=O)[nH]c1=O)CC1CCCCC1. The number of nitrogen functional groups attached to an aromatic ring is 1. The lowest BCUT2D eigenvalue weighted by Crippen LogP contribution is -2.39. The Morgan fingerprint density at radius 2 is 1.88 bits per heavy atom. The van der Waals surface area contributed by atoms with Gasteiger partial charge >= 0.3 is 5.69 Å². The Kier molecular flexibility index (Phi) is 4.89. The molecule has 0 atom stereocenters. The fourth-order valence-electron chi connectivity index (χ4n) is 3.73. The minimum absolute atomic E-state index is 0.0147. The lowest BCUT2D eigenvalue weighted by atomic mass is 9.89. The summed E-state index contributed by atoms with van der Waals surface area (Å²) in [5.41, 5.74) is 4.72. The predicted molar refractivity (Wildman–Crippen MR) is 92.4 cm³/mol. The maximum atomic E-state index is 12.6. The molecule has 0 aliphatic heterocycles. The number of hydrogen-bond donors (Lipinski definition) is 2. The lowest BCUT2D eigenvalue weighted by Gasteiger charge is -2.26. The van der Waals surface area contributed by atoms with Crippen LogP contribution >= 0.6 is 0 Å². The number of carbonyl (C=O) groups is 1.